The van der Waals surface area contributed by atoms with Crippen molar-refractivity contribution in [3.8, 4) is 0 Å². The molecule has 19 nitrogen and oxygen atoms in total. The molecule has 66 heavy (non-hydrogen) atoms. The number of aliphatic hydroxyl groups is 9. The van der Waals surface area contributed by atoms with E-state index in [9.17, 15) is 50.8 Å². The summed E-state index contributed by atoms with van der Waals surface area (Å²) in [6, 6.07) is 0. The molecule has 0 bridgehead atoms. The first kappa shape index (κ1) is 49.5. The van der Waals surface area contributed by atoms with E-state index in [1.165, 1.54) is 0 Å². The van der Waals surface area contributed by atoms with Crippen LogP contribution in [0.25, 0.3) is 0 Å². The predicted octanol–water partition coefficient (Wildman–Crippen LogP) is 0.0423. The van der Waals surface area contributed by atoms with E-state index < -0.39 is 128 Å². The summed E-state index contributed by atoms with van der Waals surface area (Å²) >= 11 is 0. The Morgan fingerprint density at radius 3 is 1.77 bits per heavy atom. The number of ether oxygens (including phenoxy) is 9. The summed E-state index contributed by atoms with van der Waals surface area (Å²) in [5.74, 6) is 0.0825. The van der Waals surface area contributed by atoms with Crippen molar-refractivity contribution in [2.45, 2.75) is 228 Å². The minimum Gasteiger partial charge on any atom is -0.458 e. The average Bonchev–Trinajstić information content (AvgIpc) is 3.82. The van der Waals surface area contributed by atoms with Gasteiger partial charge in [0.25, 0.3) is 0 Å². The quantitative estimate of drug-likeness (QED) is 0.103. The van der Waals surface area contributed by atoms with Crippen molar-refractivity contribution in [3.05, 3.63) is 11.6 Å². The number of rotatable bonds is 10. The van der Waals surface area contributed by atoms with Crippen LogP contribution in [0.2, 0.25) is 0 Å². The Balaban J connectivity index is 0.737. The van der Waals surface area contributed by atoms with Gasteiger partial charge in [-0.1, -0.05) is 13.8 Å². The minimum atomic E-state index is -1.65. The number of fused-ring (bicyclic) bond motifs is 5. The van der Waals surface area contributed by atoms with Crippen molar-refractivity contribution in [1.29, 1.82) is 0 Å². The summed E-state index contributed by atoms with van der Waals surface area (Å²) in [6.45, 7) is 9.11. The Morgan fingerprint density at radius 2 is 1.23 bits per heavy atom. The summed E-state index contributed by atoms with van der Waals surface area (Å²) in [4.78, 5) is 12.0. The minimum absolute atomic E-state index is 0.0188. The summed E-state index contributed by atoms with van der Waals surface area (Å²) in [7, 11) is 0. The molecule has 9 N–H and O–H groups in total. The molecule has 5 heterocycles. The third-order valence-corrected chi connectivity index (χ3v) is 18.1. The van der Waals surface area contributed by atoms with Crippen molar-refractivity contribution in [3.63, 3.8) is 0 Å². The van der Waals surface area contributed by atoms with Crippen LogP contribution < -0.4 is 0 Å². The lowest BCUT2D eigenvalue weighted by Gasteiger charge is -2.65. The lowest BCUT2D eigenvalue weighted by molar-refractivity contribution is -0.355. The van der Waals surface area contributed by atoms with Crippen molar-refractivity contribution < 1.29 is 93.4 Å². The van der Waals surface area contributed by atoms with Gasteiger partial charge in [0, 0.05) is 30.8 Å². The molecule has 9 aliphatic rings. The third kappa shape index (κ3) is 8.64. The first-order chi connectivity index (χ1) is 31.2. The first-order valence-corrected chi connectivity index (χ1v) is 24.5. The topological polar surface area (TPSA) is 282 Å². The van der Waals surface area contributed by atoms with E-state index in [4.69, 9.17) is 42.6 Å². The number of carbonyl (C=O) groups excluding carboxylic acids is 1. The monoisotopic (exact) mass is 942 g/mol. The molecule has 5 aliphatic heterocycles. The van der Waals surface area contributed by atoms with E-state index >= 15 is 0 Å². The highest BCUT2D eigenvalue weighted by Crippen LogP contribution is 2.70. The molecular weight excluding hydrogens is 868 g/mol. The number of cyclic esters (lactones) is 1. The molecule has 26 atom stereocenters. The van der Waals surface area contributed by atoms with Gasteiger partial charge in [0.2, 0.25) is 0 Å². The smallest absolute Gasteiger partial charge is 0.331 e. The third-order valence-electron chi connectivity index (χ3n) is 18.1. The van der Waals surface area contributed by atoms with Crippen LogP contribution >= 0.6 is 0 Å². The molecule has 0 aromatic rings. The summed E-state index contributed by atoms with van der Waals surface area (Å²) in [5.41, 5.74) is -0.989. The molecule has 8 fully saturated rings. The van der Waals surface area contributed by atoms with Crippen LogP contribution in [0.3, 0.4) is 0 Å². The van der Waals surface area contributed by atoms with Crippen LogP contribution in [0.4, 0.5) is 0 Å². The second-order valence-electron chi connectivity index (χ2n) is 21.6. The Bertz CT molecular complexity index is 1720. The molecule has 0 aromatic heterocycles. The zero-order valence-corrected chi connectivity index (χ0v) is 38.7. The fourth-order valence-electron chi connectivity index (χ4n) is 14.3. The predicted molar refractivity (Wildman–Crippen MR) is 225 cm³/mol. The van der Waals surface area contributed by atoms with Gasteiger partial charge < -0.3 is 88.6 Å². The van der Waals surface area contributed by atoms with E-state index in [1.54, 1.807) is 19.9 Å². The molecule has 4 saturated heterocycles. The molecule has 0 spiro atoms. The van der Waals surface area contributed by atoms with Crippen molar-refractivity contribution >= 4 is 5.97 Å². The van der Waals surface area contributed by atoms with Gasteiger partial charge in [0.1, 0.15) is 49.3 Å². The molecule has 0 radical (unpaired) electrons. The molecule has 0 amide bonds. The molecule has 4 aliphatic carbocycles. The molecule has 0 aromatic carbocycles. The normalized spacial score (nSPS) is 55.3. The van der Waals surface area contributed by atoms with Crippen molar-refractivity contribution in [2.75, 3.05) is 13.2 Å². The van der Waals surface area contributed by atoms with Crippen molar-refractivity contribution in [2.24, 2.45) is 34.5 Å². The maximum Gasteiger partial charge on any atom is 0.331 e. The summed E-state index contributed by atoms with van der Waals surface area (Å²) in [6.07, 6.45) is -10.8. The van der Waals surface area contributed by atoms with Crippen molar-refractivity contribution in [1.82, 2.24) is 0 Å². The van der Waals surface area contributed by atoms with Crippen LogP contribution in [-0.4, -0.2) is 187 Å². The fourth-order valence-corrected chi connectivity index (χ4v) is 14.3. The summed E-state index contributed by atoms with van der Waals surface area (Å²) in [5, 5.41) is 98.4. The van der Waals surface area contributed by atoms with Gasteiger partial charge in [-0.2, -0.15) is 0 Å². The van der Waals surface area contributed by atoms with E-state index in [-0.39, 0.29) is 61.1 Å². The van der Waals surface area contributed by atoms with Gasteiger partial charge in [-0.05, 0) is 107 Å². The van der Waals surface area contributed by atoms with Gasteiger partial charge in [0.15, 0.2) is 25.2 Å². The standard InChI is InChI=1S/C47H74O19/c1-20-41(64-36-16-30(50)42(21(2)60-36)65-37-17-31(51)43(22(3)61-37)66-44-40(56)39(55)38(54)32(18-48)63-44)29(49)15-35(59-20)62-25-8-10-45(4)24(13-25)6-7-27-28(45)14-33(52)46(5)26(9-11-47(27,46)57)23-12-34(53)58-19-23/h12,20-22,24-33,35-44,48-52,54-57H,6-11,13-19H2,1-5H3/t20-,21-,22-,24+,25+,26+,27+,28-,29+,30+,31+,32+,33+,35+,36-,37-,38+,39-,40+,41-,42+,43+,44-,45-,46-,47+/m1/s1. The Hall–Kier alpha value is -1.47. The Kier molecular flexibility index (Phi) is 14.2. The lowest BCUT2D eigenvalue weighted by atomic mass is 9.42. The number of carbonyl (C=O) groups is 1. The molecule has 0 unspecified atom stereocenters. The van der Waals surface area contributed by atoms with Gasteiger partial charge in [-0.25, -0.2) is 4.79 Å². The first-order valence-electron chi connectivity index (χ1n) is 24.5. The van der Waals surface area contributed by atoms with E-state index in [1.807, 2.05) is 13.8 Å². The number of aliphatic hydroxyl groups excluding tert-OH is 8. The van der Waals surface area contributed by atoms with E-state index in [0.29, 0.717) is 18.8 Å². The average molecular weight is 943 g/mol. The van der Waals surface area contributed by atoms with Gasteiger partial charge >= 0.3 is 5.97 Å². The highest BCUT2D eigenvalue weighted by atomic mass is 16.8. The zero-order chi connectivity index (χ0) is 47.2. The maximum atomic E-state index is 12.6. The van der Waals surface area contributed by atoms with Gasteiger partial charge in [-0.15, -0.1) is 0 Å². The lowest BCUT2D eigenvalue weighted by Crippen LogP contribution is -2.67. The van der Waals surface area contributed by atoms with Crippen LogP contribution in [0.1, 0.15) is 105 Å². The number of esters is 1. The van der Waals surface area contributed by atoms with Gasteiger partial charge in [-0.3, -0.25) is 0 Å². The van der Waals surface area contributed by atoms with Crippen LogP contribution in [0.15, 0.2) is 11.6 Å². The molecule has 19 heteroatoms. The second kappa shape index (κ2) is 18.9. The number of hydrogen-bond acceptors (Lipinski definition) is 19. The SMILES string of the molecule is C[C@H]1O[C@H](O[C@H]2[C@@H](O)C[C@H](O[C@H]3CC[C@]4(C)[C@@H](CC[C@H]5[C@H]4C[C@H](O)[C@@]4(C)[C@H](C6=CC(=O)OC6)CC[C@]54O)C3)O[C@@H]2C)C[C@H](O)[C@H]1O[C@@H]1C[C@H](O)[C@@H](O[C@H]2O[C@@H](CO)[C@H](O)[C@@H](O)[C@@H]2O)[C@@H](C)O1. The molecule has 4 saturated carbocycles. The molecule has 9 rings (SSSR count). The Labute approximate surface area is 385 Å². The summed E-state index contributed by atoms with van der Waals surface area (Å²) < 4.78 is 53.9. The van der Waals surface area contributed by atoms with E-state index in [0.717, 1.165) is 44.1 Å². The zero-order valence-electron chi connectivity index (χ0n) is 38.7. The molecule has 376 valence electrons. The van der Waals surface area contributed by atoms with Crippen LogP contribution in [-0.2, 0) is 47.4 Å². The van der Waals surface area contributed by atoms with E-state index in [2.05, 4.69) is 6.92 Å². The molecular formula is C47H74O19. The maximum absolute atomic E-state index is 12.6. The highest BCUT2D eigenvalue weighted by Gasteiger charge is 2.71. The number of hydrogen-bond donors (Lipinski definition) is 9. The highest BCUT2D eigenvalue weighted by molar-refractivity contribution is 5.85. The van der Waals surface area contributed by atoms with Crippen LogP contribution in [0.5, 0.6) is 0 Å². The largest absolute Gasteiger partial charge is 0.458 e. The Morgan fingerprint density at radius 1 is 0.652 bits per heavy atom. The van der Waals surface area contributed by atoms with Gasteiger partial charge in [0.05, 0.1) is 61.0 Å². The van der Waals surface area contributed by atoms with Crippen LogP contribution in [0, 0.1) is 34.5 Å². The fraction of sp³-hybridized carbons (Fsp3) is 0.936. The second-order valence-corrected chi connectivity index (χ2v) is 21.6.